The predicted octanol–water partition coefficient (Wildman–Crippen LogP) is 2.62. The summed E-state index contributed by atoms with van der Waals surface area (Å²) in [5, 5.41) is 11.2. The van der Waals surface area contributed by atoms with Crippen molar-refractivity contribution < 1.29 is 14.4 Å². The van der Waals surface area contributed by atoms with Gasteiger partial charge in [-0.05, 0) is 25.0 Å². The number of furan rings is 1. The molecular weight excluding hydrogens is 244 g/mol. The monoisotopic (exact) mass is 260 g/mol. The predicted molar refractivity (Wildman–Crippen MR) is 69.8 cm³/mol. The Morgan fingerprint density at radius 2 is 2.16 bits per heavy atom. The second-order valence-corrected chi connectivity index (χ2v) is 5.45. The van der Waals surface area contributed by atoms with Gasteiger partial charge in [0, 0.05) is 10.8 Å². The van der Waals surface area contributed by atoms with Crippen molar-refractivity contribution in [3.63, 3.8) is 0 Å². The fraction of sp³-hybridized carbons (Fsp3) is 0.357. The van der Waals surface area contributed by atoms with E-state index in [1.165, 1.54) is 0 Å². The molecule has 1 saturated carbocycles. The largest absolute Gasteiger partial charge is 0.460 e. The van der Waals surface area contributed by atoms with Gasteiger partial charge in [-0.1, -0.05) is 25.1 Å². The lowest BCUT2D eigenvalue weighted by Crippen LogP contribution is -2.53. The number of benzene rings is 1. The minimum atomic E-state index is -0.809. The quantitative estimate of drug-likeness (QED) is 0.643. The van der Waals surface area contributed by atoms with Gasteiger partial charge in [-0.3, -0.25) is 5.21 Å². The van der Waals surface area contributed by atoms with Crippen LogP contribution in [0.5, 0.6) is 0 Å². The van der Waals surface area contributed by atoms with Gasteiger partial charge in [-0.15, -0.1) is 0 Å². The number of primary amides is 1. The number of fused-ring (bicyclic) bond motifs is 1. The molecule has 0 unspecified atom stereocenters. The average molecular weight is 260 g/mol. The third-order valence-corrected chi connectivity index (χ3v) is 3.96. The molecular formula is C14H16N2O3. The summed E-state index contributed by atoms with van der Waals surface area (Å²) < 4.78 is 5.85. The summed E-state index contributed by atoms with van der Waals surface area (Å²) >= 11 is 0. The number of nitrogens with zero attached hydrogens (tertiary/aromatic N) is 1. The van der Waals surface area contributed by atoms with Gasteiger partial charge in [0.2, 0.25) is 0 Å². The van der Waals surface area contributed by atoms with Crippen molar-refractivity contribution in [3.05, 3.63) is 36.1 Å². The Morgan fingerprint density at radius 1 is 1.47 bits per heavy atom. The van der Waals surface area contributed by atoms with E-state index in [9.17, 15) is 10.0 Å². The summed E-state index contributed by atoms with van der Waals surface area (Å²) in [7, 11) is 0. The van der Waals surface area contributed by atoms with Crippen molar-refractivity contribution in [2.45, 2.75) is 31.2 Å². The first-order valence-corrected chi connectivity index (χ1v) is 6.26. The number of rotatable bonds is 2. The van der Waals surface area contributed by atoms with Gasteiger partial charge >= 0.3 is 6.03 Å². The number of carbonyl (C=O) groups is 1. The van der Waals surface area contributed by atoms with Crippen LogP contribution in [0.3, 0.4) is 0 Å². The van der Waals surface area contributed by atoms with Crippen molar-refractivity contribution in [2.24, 2.45) is 5.73 Å². The second kappa shape index (κ2) is 3.99. The molecule has 1 aromatic carbocycles. The summed E-state index contributed by atoms with van der Waals surface area (Å²) in [6.07, 6.45) is 1.29. The van der Waals surface area contributed by atoms with Gasteiger partial charge in [0.25, 0.3) is 0 Å². The van der Waals surface area contributed by atoms with Crippen LogP contribution in [0.1, 0.15) is 25.5 Å². The van der Waals surface area contributed by atoms with E-state index in [-0.39, 0.29) is 11.5 Å². The van der Waals surface area contributed by atoms with Crippen molar-refractivity contribution in [1.29, 1.82) is 0 Å². The zero-order valence-electron chi connectivity index (χ0n) is 10.7. The van der Waals surface area contributed by atoms with Gasteiger partial charge in [0.05, 0.1) is 6.04 Å². The normalized spacial score (nSPS) is 26.1. The molecule has 19 heavy (non-hydrogen) atoms. The summed E-state index contributed by atoms with van der Waals surface area (Å²) in [5.41, 5.74) is 5.75. The van der Waals surface area contributed by atoms with E-state index in [1.54, 1.807) is 0 Å². The van der Waals surface area contributed by atoms with Gasteiger partial charge in [-0.25, -0.2) is 9.86 Å². The molecule has 1 heterocycles. The number of hydrogen-bond donors (Lipinski definition) is 2. The Balaban J connectivity index is 1.82. The Hall–Kier alpha value is -2.01. The summed E-state index contributed by atoms with van der Waals surface area (Å²) in [4.78, 5) is 10.9. The van der Waals surface area contributed by atoms with Crippen LogP contribution in [0.4, 0.5) is 4.79 Å². The molecule has 0 bridgehead atoms. The maximum absolute atomic E-state index is 10.9. The van der Waals surface area contributed by atoms with E-state index in [0.29, 0.717) is 17.9 Å². The summed E-state index contributed by atoms with van der Waals surface area (Å²) in [6, 6.07) is 8.83. The highest BCUT2D eigenvalue weighted by Gasteiger charge is 2.47. The van der Waals surface area contributed by atoms with Crippen LogP contribution in [0.15, 0.2) is 34.7 Å². The van der Waals surface area contributed by atoms with Gasteiger partial charge in [0.15, 0.2) is 0 Å². The average Bonchev–Trinajstić information content (AvgIpc) is 2.78. The highest BCUT2D eigenvalue weighted by atomic mass is 16.5. The molecule has 1 fully saturated rings. The van der Waals surface area contributed by atoms with E-state index in [2.05, 4.69) is 6.92 Å². The molecule has 0 aliphatic heterocycles. The van der Waals surface area contributed by atoms with Gasteiger partial charge in [-0.2, -0.15) is 0 Å². The molecule has 0 spiro atoms. The number of carbonyl (C=O) groups excluding carboxylic acids is 1. The zero-order valence-corrected chi connectivity index (χ0v) is 10.7. The SMILES string of the molecule is CC1(c2cc3ccccc3o2)CC(N(O)C(N)=O)C1. The second-order valence-electron chi connectivity index (χ2n) is 5.45. The van der Waals surface area contributed by atoms with Crippen molar-refractivity contribution in [2.75, 3.05) is 0 Å². The van der Waals surface area contributed by atoms with E-state index in [0.717, 1.165) is 16.7 Å². The first-order chi connectivity index (χ1) is 8.99. The molecule has 5 nitrogen and oxygen atoms in total. The molecule has 1 aliphatic carbocycles. The van der Waals surface area contributed by atoms with Crippen molar-refractivity contribution in [1.82, 2.24) is 5.06 Å². The Labute approximate surface area is 110 Å². The number of urea groups is 1. The first kappa shape index (κ1) is 12.0. The highest BCUT2D eigenvalue weighted by molar-refractivity contribution is 5.78. The third-order valence-electron chi connectivity index (χ3n) is 3.96. The zero-order chi connectivity index (χ0) is 13.6. The lowest BCUT2D eigenvalue weighted by Gasteiger charge is -2.45. The minimum Gasteiger partial charge on any atom is -0.460 e. The number of hydrogen-bond acceptors (Lipinski definition) is 3. The number of hydroxylamine groups is 2. The van der Waals surface area contributed by atoms with Crippen LogP contribution in [-0.2, 0) is 5.41 Å². The standard InChI is InChI=1S/C14H16N2O3/c1-14(7-10(8-14)16(18)13(15)17)12-6-9-4-2-3-5-11(9)19-12/h2-6,10,18H,7-8H2,1H3,(H2,15,17). The summed E-state index contributed by atoms with van der Waals surface area (Å²) in [6.45, 7) is 2.07. The van der Waals surface area contributed by atoms with Crippen LogP contribution in [0.25, 0.3) is 11.0 Å². The lowest BCUT2D eigenvalue weighted by molar-refractivity contribution is -0.117. The molecule has 0 saturated heterocycles. The van der Waals surface area contributed by atoms with E-state index in [4.69, 9.17) is 10.2 Å². The molecule has 5 heteroatoms. The van der Waals surface area contributed by atoms with Crippen LogP contribution >= 0.6 is 0 Å². The minimum absolute atomic E-state index is 0.153. The smallest absolute Gasteiger partial charge is 0.338 e. The molecule has 1 aliphatic rings. The Kier molecular flexibility index (Phi) is 2.53. The molecule has 3 rings (SSSR count). The molecule has 100 valence electrons. The van der Waals surface area contributed by atoms with Gasteiger partial charge < -0.3 is 10.2 Å². The first-order valence-electron chi connectivity index (χ1n) is 6.26. The molecule has 0 atom stereocenters. The molecule has 1 aromatic heterocycles. The Morgan fingerprint density at radius 3 is 2.79 bits per heavy atom. The van der Waals surface area contributed by atoms with Crippen LogP contribution < -0.4 is 5.73 Å². The number of amides is 2. The van der Waals surface area contributed by atoms with E-state index < -0.39 is 6.03 Å². The van der Waals surface area contributed by atoms with Crippen molar-refractivity contribution in [3.8, 4) is 0 Å². The van der Waals surface area contributed by atoms with Crippen LogP contribution in [0, 0.1) is 0 Å². The Bertz CT molecular complexity index is 595. The van der Waals surface area contributed by atoms with Crippen molar-refractivity contribution >= 4 is 17.0 Å². The summed E-state index contributed by atoms with van der Waals surface area (Å²) in [5.74, 6) is 0.892. The highest BCUT2D eigenvalue weighted by Crippen LogP contribution is 2.46. The molecule has 2 aromatic rings. The fourth-order valence-electron chi connectivity index (χ4n) is 2.81. The third kappa shape index (κ3) is 1.86. The fourth-order valence-corrected chi connectivity index (χ4v) is 2.81. The molecule has 0 radical (unpaired) electrons. The number of nitrogens with two attached hydrogens (primary N) is 1. The number of para-hydroxylation sites is 1. The van der Waals surface area contributed by atoms with Crippen LogP contribution in [-0.4, -0.2) is 22.3 Å². The molecule has 3 N–H and O–H groups in total. The van der Waals surface area contributed by atoms with Gasteiger partial charge in [0.1, 0.15) is 11.3 Å². The maximum Gasteiger partial charge on any atom is 0.338 e. The maximum atomic E-state index is 10.9. The topological polar surface area (TPSA) is 79.7 Å². The van der Waals surface area contributed by atoms with E-state index >= 15 is 0 Å². The molecule has 2 amide bonds. The lowest BCUT2D eigenvalue weighted by atomic mass is 9.65. The van der Waals surface area contributed by atoms with Crippen LogP contribution in [0.2, 0.25) is 0 Å². The van der Waals surface area contributed by atoms with E-state index in [1.807, 2.05) is 30.3 Å².